The normalized spacial score (nSPS) is 15.6. The van der Waals surface area contributed by atoms with Crippen molar-refractivity contribution < 1.29 is 19.0 Å². The van der Waals surface area contributed by atoms with Crippen LogP contribution in [0.2, 0.25) is 0 Å². The summed E-state index contributed by atoms with van der Waals surface area (Å²) in [6.07, 6.45) is 3.43. The van der Waals surface area contributed by atoms with Gasteiger partial charge < -0.3 is 14.2 Å². The van der Waals surface area contributed by atoms with Gasteiger partial charge in [-0.1, -0.05) is 6.07 Å². The second-order valence-corrected chi connectivity index (χ2v) is 4.32. The van der Waals surface area contributed by atoms with Gasteiger partial charge >= 0.3 is 0 Å². The van der Waals surface area contributed by atoms with Gasteiger partial charge in [-0.05, 0) is 17.7 Å². The zero-order valence-electron chi connectivity index (χ0n) is 10.9. The summed E-state index contributed by atoms with van der Waals surface area (Å²) < 4.78 is 16.5. The molecule has 0 saturated carbocycles. The maximum atomic E-state index is 10.1. The van der Waals surface area contributed by atoms with E-state index < -0.39 is 0 Å². The fourth-order valence-electron chi connectivity index (χ4n) is 2.01. The summed E-state index contributed by atoms with van der Waals surface area (Å²) in [5, 5.41) is 0. The topological polar surface area (TPSA) is 57.1 Å². The summed E-state index contributed by atoms with van der Waals surface area (Å²) in [6, 6.07) is 5.54. The number of ether oxygens (including phenoxy) is 3. The number of benzene rings is 1. The summed E-state index contributed by atoms with van der Waals surface area (Å²) in [5.74, 6) is 1.37. The Bertz CT molecular complexity index is 463. The van der Waals surface area contributed by atoms with E-state index >= 15 is 0 Å². The van der Waals surface area contributed by atoms with E-state index in [1.165, 1.54) is 6.08 Å². The molecule has 2 rings (SSSR count). The summed E-state index contributed by atoms with van der Waals surface area (Å²) >= 11 is 0. The summed E-state index contributed by atoms with van der Waals surface area (Å²) in [7, 11) is 1.61. The lowest BCUT2D eigenvalue weighted by atomic mass is 10.1. The molecule has 0 N–H and O–H groups in total. The second-order valence-electron chi connectivity index (χ2n) is 4.32. The molecule has 0 unspecified atom stereocenters. The summed E-state index contributed by atoms with van der Waals surface area (Å²) in [6.45, 7) is 1.75. The highest BCUT2D eigenvalue weighted by Crippen LogP contribution is 2.30. The maximum Gasteiger partial charge on any atom is 0.235 e. The van der Waals surface area contributed by atoms with Crippen molar-refractivity contribution in [3.63, 3.8) is 0 Å². The van der Waals surface area contributed by atoms with Crippen LogP contribution in [0, 0.1) is 0 Å². The molecule has 5 heteroatoms. The molecule has 102 valence electrons. The number of isocyanates is 1. The average molecular weight is 263 g/mol. The smallest absolute Gasteiger partial charge is 0.235 e. The van der Waals surface area contributed by atoms with Crippen LogP contribution in [0.15, 0.2) is 23.2 Å². The van der Waals surface area contributed by atoms with E-state index in [0.29, 0.717) is 18.0 Å². The molecule has 0 spiro atoms. The monoisotopic (exact) mass is 263 g/mol. The van der Waals surface area contributed by atoms with Crippen molar-refractivity contribution in [1.29, 1.82) is 0 Å². The number of rotatable bonds is 5. The van der Waals surface area contributed by atoms with Crippen molar-refractivity contribution in [2.45, 2.75) is 25.5 Å². The van der Waals surface area contributed by atoms with Gasteiger partial charge in [-0.15, -0.1) is 0 Å². The van der Waals surface area contributed by atoms with Gasteiger partial charge in [0.15, 0.2) is 11.5 Å². The number of hydrogen-bond donors (Lipinski definition) is 0. The fraction of sp³-hybridized carbons (Fsp3) is 0.500. The predicted molar refractivity (Wildman–Crippen MR) is 69.3 cm³/mol. The number of methoxy groups -OCH3 is 1. The van der Waals surface area contributed by atoms with Crippen LogP contribution in [-0.2, 0) is 16.1 Å². The molecule has 1 heterocycles. The first kappa shape index (κ1) is 13.6. The lowest BCUT2D eigenvalue weighted by Gasteiger charge is -2.24. The van der Waals surface area contributed by atoms with Crippen molar-refractivity contribution in [2.24, 2.45) is 4.99 Å². The van der Waals surface area contributed by atoms with Crippen molar-refractivity contribution >= 4 is 6.08 Å². The molecule has 1 aliphatic rings. The lowest BCUT2D eigenvalue weighted by molar-refractivity contribution is 0.0245. The van der Waals surface area contributed by atoms with Crippen molar-refractivity contribution in [3.8, 4) is 11.5 Å². The minimum absolute atomic E-state index is 0.146. The molecule has 1 aliphatic heterocycles. The first-order valence-corrected chi connectivity index (χ1v) is 6.28. The Morgan fingerprint density at radius 3 is 2.84 bits per heavy atom. The number of aliphatic imine (C=N–C) groups is 1. The largest absolute Gasteiger partial charge is 0.493 e. The van der Waals surface area contributed by atoms with Crippen molar-refractivity contribution in [1.82, 2.24) is 0 Å². The molecule has 0 amide bonds. The van der Waals surface area contributed by atoms with Gasteiger partial charge in [0.1, 0.15) is 6.10 Å². The lowest BCUT2D eigenvalue weighted by Crippen LogP contribution is -2.26. The van der Waals surface area contributed by atoms with Crippen LogP contribution >= 0.6 is 0 Å². The summed E-state index contributed by atoms with van der Waals surface area (Å²) in [4.78, 5) is 13.7. The Labute approximate surface area is 112 Å². The highest BCUT2D eigenvalue weighted by Gasteiger charge is 2.17. The van der Waals surface area contributed by atoms with Crippen LogP contribution in [-0.4, -0.2) is 32.5 Å². The number of carbonyl (C=O) groups excluding carboxylic acids is 1. The van der Waals surface area contributed by atoms with Crippen LogP contribution < -0.4 is 9.47 Å². The maximum absolute atomic E-state index is 10.1. The van der Waals surface area contributed by atoms with Crippen LogP contribution in [0.25, 0.3) is 0 Å². The van der Waals surface area contributed by atoms with Gasteiger partial charge in [0.05, 0.1) is 26.9 Å². The fourth-order valence-corrected chi connectivity index (χ4v) is 2.01. The molecule has 0 aromatic heterocycles. The third kappa shape index (κ3) is 3.81. The van der Waals surface area contributed by atoms with Gasteiger partial charge in [0.2, 0.25) is 6.08 Å². The zero-order chi connectivity index (χ0) is 13.5. The molecule has 0 radical (unpaired) electrons. The molecule has 1 aromatic carbocycles. The van der Waals surface area contributed by atoms with E-state index in [1.807, 2.05) is 18.2 Å². The Hall–Kier alpha value is -1.84. The average Bonchev–Trinajstić information content (AvgIpc) is 2.46. The van der Waals surface area contributed by atoms with Gasteiger partial charge in [-0.25, -0.2) is 9.79 Å². The van der Waals surface area contributed by atoms with Gasteiger partial charge in [-0.2, -0.15) is 0 Å². The van der Waals surface area contributed by atoms with Crippen molar-refractivity contribution in [2.75, 3.05) is 20.3 Å². The molecular weight excluding hydrogens is 246 g/mol. The SMILES string of the molecule is COc1ccc(CN=C=O)cc1OC1CCOCC1. The molecular formula is C14H17NO4. The first-order valence-electron chi connectivity index (χ1n) is 6.28. The van der Waals surface area contributed by atoms with E-state index in [0.717, 1.165) is 31.6 Å². The molecule has 19 heavy (non-hydrogen) atoms. The second kappa shape index (κ2) is 6.92. The van der Waals surface area contributed by atoms with E-state index in [-0.39, 0.29) is 6.10 Å². The Kier molecular flexibility index (Phi) is 4.95. The van der Waals surface area contributed by atoms with E-state index in [9.17, 15) is 4.79 Å². The standard InChI is InChI=1S/C14H17NO4/c1-17-13-3-2-11(9-15-10-16)8-14(13)19-12-4-6-18-7-5-12/h2-3,8,12H,4-7,9H2,1H3. The van der Waals surface area contributed by atoms with Crippen LogP contribution in [0.5, 0.6) is 11.5 Å². The van der Waals surface area contributed by atoms with Crippen LogP contribution in [0.3, 0.4) is 0 Å². The molecule has 1 aromatic rings. The van der Waals surface area contributed by atoms with Crippen LogP contribution in [0.4, 0.5) is 0 Å². The zero-order valence-corrected chi connectivity index (χ0v) is 10.9. The predicted octanol–water partition coefficient (Wildman–Crippen LogP) is 2.09. The van der Waals surface area contributed by atoms with E-state index in [2.05, 4.69) is 4.99 Å². The highest BCUT2D eigenvalue weighted by atomic mass is 16.5. The molecule has 5 nitrogen and oxygen atoms in total. The van der Waals surface area contributed by atoms with Gasteiger partial charge in [0.25, 0.3) is 0 Å². The van der Waals surface area contributed by atoms with Gasteiger partial charge in [-0.3, -0.25) is 0 Å². The van der Waals surface area contributed by atoms with Crippen molar-refractivity contribution in [3.05, 3.63) is 23.8 Å². The third-order valence-electron chi connectivity index (χ3n) is 3.02. The third-order valence-corrected chi connectivity index (χ3v) is 3.02. The minimum Gasteiger partial charge on any atom is -0.493 e. The molecule has 1 fully saturated rings. The number of hydrogen-bond acceptors (Lipinski definition) is 5. The Morgan fingerprint density at radius 2 is 2.16 bits per heavy atom. The van der Waals surface area contributed by atoms with E-state index in [4.69, 9.17) is 14.2 Å². The summed E-state index contributed by atoms with van der Waals surface area (Å²) in [5.41, 5.74) is 0.895. The highest BCUT2D eigenvalue weighted by molar-refractivity contribution is 5.43. The van der Waals surface area contributed by atoms with Gasteiger partial charge in [0, 0.05) is 12.8 Å². The molecule has 0 bridgehead atoms. The van der Waals surface area contributed by atoms with E-state index in [1.54, 1.807) is 7.11 Å². The van der Waals surface area contributed by atoms with Crippen LogP contribution in [0.1, 0.15) is 18.4 Å². The Balaban J connectivity index is 2.12. The molecule has 1 saturated heterocycles. The Morgan fingerprint density at radius 1 is 1.37 bits per heavy atom. The molecule has 0 aliphatic carbocycles. The first-order chi connectivity index (χ1) is 9.33. The molecule has 0 atom stereocenters. The quantitative estimate of drug-likeness (QED) is 0.603. The minimum atomic E-state index is 0.146. The number of nitrogens with zero attached hydrogens (tertiary/aromatic N) is 1.